The summed E-state index contributed by atoms with van der Waals surface area (Å²) in [5.41, 5.74) is 1.78. The van der Waals surface area contributed by atoms with Gasteiger partial charge in [0.2, 0.25) is 0 Å². The number of nitrogens with one attached hydrogen (secondary N) is 2. The minimum atomic E-state index is 0. The normalized spacial score (nSPS) is 18.2. The van der Waals surface area contributed by atoms with Crippen LogP contribution >= 0.6 is 12.4 Å². The van der Waals surface area contributed by atoms with E-state index in [2.05, 4.69) is 10.6 Å². The SMILES string of the molecule is COCc1ccc(C(=O)NC2CCNC2)cc1.Cl. The van der Waals surface area contributed by atoms with Crippen molar-refractivity contribution in [3.05, 3.63) is 35.4 Å². The molecule has 0 spiro atoms. The topological polar surface area (TPSA) is 50.4 Å². The number of amides is 1. The lowest BCUT2D eigenvalue weighted by Crippen LogP contribution is -2.36. The second-order valence-electron chi connectivity index (χ2n) is 4.29. The fourth-order valence-electron chi connectivity index (χ4n) is 1.97. The number of methoxy groups -OCH3 is 1. The van der Waals surface area contributed by atoms with Crippen molar-refractivity contribution in [1.29, 1.82) is 0 Å². The van der Waals surface area contributed by atoms with E-state index in [1.165, 1.54) is 0 Å². The first-order valence-electron chi connectivity index (χ1n) is 5.89. The Labute approximate surface area is 114 Å². The highest BCUT2D eigenvalue weighted by Gasteiger charge is 2.17. The van der Waals surface area contributed by atoms with E-state index in [-0.39, 0.29) is 24.4 Å². The standard InChI is InChI=1S/C13H18N2O2.ClH/c1-17-9-10-2-4-11(5-3-10)13(16)15-12-6-7-14-8-12;/h2-5,12,14H,6-9H2,1H3,(H,15,16);1H. The minimum Gasteiger partial charge on any atom is -0.380 e. The molecule has 1 aromatic carbocycles. The van der Waals surface area contributed by atoms with Gasteiger partial charge in [-0.2, -0.15) is 0 Å². The van der Waals surface area contributed by atoms with Gasteiger partial charge in [0.15, 0.2) is 0 Å². The van der Waals surface area contributed by atoms with Crippen molar-refractivity contribution in [2.24, 2.45) is 0 Å². The molecule has 1 saturated heterocycles. The number of carbonyl (C=O) groups excluding carboxylic acids is 1. The van der Waals surface area contributed by atoms with Crippen LogP contribution in [0.4, 0.5) is 0 Å². The Morgan fingerprint density at radius 3 is 2.72 bits per heavy atom. The monoisotopic (exact) mass is 270 g/mol. The minimum absolute atomic E-state index is 0. The Morgan fingerprint density at radius 2 is 2.17 bits per heavy atom. The largest absolute Gasteiger partial charge is 0.380 e. The summed E-state index contributed by atoms with van der Waals surface area (Å²) < 4.78 is 5.03. The average molecular weight is 271 g/mol. The van der Waals surface area contributed by atoms with E-state index in [4.69, 9.17) is 4.74 Å². The fourth-order valence-corrected chi connectivity index (χ4v) is 1.97. The highest BCUT2D eigenvalue weighted by atomic mass is 35.5. The Hall–Kier alpha value is -1.10. The van der Waals surface area contributed by atoms with E-state index in [0.717, 1.165) is 25.1 Å². The van der Waals surface area contributed by atoms with Gasteiger partial charge in [-0.3, -0.25) is 4.79 Å². The van der Waals surface area contributed by atoms with Gasteiger partial charge < -0.3 is 15.4 Å². The molecule has 4 nitrogen and oxygen atoms in total. The number of carbonyl (C=O) groups is 1. The highest BCUT2D eigenvalue weighted by Crippen LogP contribution is 2.07. The summed E-state index contributed by atoms with van der Waals surface area (Å²) >= 11 is 0. The van der Waals surface area contributed by atoms with Gasteiger partial charge in [0.05, 0.1) is 6.61 Å². The molecule has 1 fully saturated rings. The molecule has 1 aliphatic rings. The molecule has 1 amide bonds. The number of benzene rings is 1. The molecule has 2 rings (SSSR count). The smallest absolute Gasteiger partial charge is 0.251 e. The lowest BCUT2D eigenvalue weighted by atomic mass is 10.1. The van der Waals surface area contributed by atoms with Crippen molar-refractivity contribution in [3.63, 3.8) is 0 Å². The Kier molecular flexibility index (Phi) is 6.12. The van der Waals surface area contributed by atoms with Crippen molar-refractivity contribution in [2.45, 2.75) is 19.1 Å². The first-order chi connectivity index (χ1) is 8.29. The Morgan fingerprint density at radius 1 is 1.44 bits per heavy atom. The lowest BCUT2D eigenvalue weighted by Gasteiger charge is -2.11. The maximum atomic E-state index is 11.9. The fraction of sp³-hybridized carbons (Fsp3) is 0.462. The molecule has 5 heteroatoms. The van der Waals surface area contributed by atoms with E-state index in [1.54, 1.807) is 7.11 Å². The van der Waals surface area contributed by atoms with Crippen molar-refractivity contribution in [2.75, 3.05) is 20.2 Å². The van der Waals surface area contributed by atoms with Crippen molar-refractivity contribution in [1.82, 2.24) is 10.6 Å². The van der Waals surface area contributed by atoms with E-state index in [1.807, 2.05) is 24.3 Å². The molecule has 1 heterocycles. The van der Waals surface area contributed by atoms with Crippen LogP contribution < -0.4 is 10.6 Å². The van der Waals surface area contributed by atoms with Gasteiger partial charge in [0.1, 0.15) is 0 Å². The second-order valence-corrected chi connectivity index (χ2v) is 4.29. The summed E-state index contributed by atoms with van der Waals surface area (Å²) in [7, 11) is 1.66. The molecule has 1 atom stereocenters. The molecule has 1 aliphatic heterocycles. The highest BCUT2D eigenvalue weighted by molar-refractivity contribution is 5.94. The third kappa shape index (κ3) is 3.98. The predicted octanol–water partition coefficient (Wildman–Crippen LogP) is 1.35. The molecule has 1 aromatic rings. The summed E-state index contributed by atoms with van der Waals surface area (Å²) in [5, 5.41) is 6.24. The number of hydrogen-bond donors (Lipinski definition) is 2. The molecule has 0 saturated carbocycles. The molecular formula is C13H19ClN2O2. The maximum Gasteiger partial charge on any atom is 0.251 e. The third-order valence-electron chi connectivity index (χ3n) is 2.92. The molecular weight excluding hydrogens is 252 g/mol. The van der Waals surface area contributed by atoms with Crippen LogP contribution in [0.2, 0.25) is 0 Å². The number of rotatable bonds is 4. The van der Waals surface area contributed by atoms with Crippen molar-refractivity contribution < 1.29 is 9.53 Å². The number of ether oxygens (including phenoxy) is 1. The van der Waals surface area contributed by atoms with Crippen molar-refractivity contribution >= 4 is 18.3 Å². The number of halogens is 1. The molecule has 0 bridgehead atoms. The molecule has 1 unspecified atom stereocenters. The molecule has 0 aromatic heterocycles. The number of hydrogen-bond acceptors (Lipinski definition) is 3. The molecule has 18 heavy (non-hydrogen) atoms. The molecule has 100 valence electrons. The zero-order valence-electron chi connectivity index (χ0n) is 10.4. The molecule has 0 radical (unpaired) electrons. The van der Waals surface area contributed by atoms with Gasteiger partial charge in [-0.05, 0) is 30.7 Å². The first kappa shape index (κ1) is 15.0. The predicted molar refractivity (Wildman–Crippen MR) is 73.1 cm³/mol. The lowest BCUT2D eigenvalue weighted by molar-refractivity contribution is 0.0940. The zero-order valence-corrected chi connectivity index (χ0v) is 11.3. The maximum absolute atomic E-state index is 11.9. The summed E-state index contributed by atoms with van der Waals surface area (Å²) in [6, 6.07) is 7.79. The second kappa shape index (κ2) is 7.36. The summed E-state index contributed by atoms with van der Waals surface area (Å²) in [6.45, 7) is 2.43. The Bertz CT molecular complexity index is 375. The van der Waals surface area contributed by atoms with Crippen LogP contribution in [0.5, 0.6) is 0 Å². The summed E-state index contributed by atoms with van der Waals surface area (Å²) in [5.74, 6) is 0.00247. The van der Waals surface area contributed by atoms with Gasteiger partial charge in [-0.15, -0.1) is 12.4 Å². The van der Waals surface area contributed by atoms with Crippen LogP contribution in [0.25, 0.3) is 0 Å². The first-order valence-corrected chi connectivity index (χ1v) is 5.89. The van der Waals surface area contributed by atoms with Crippen LogP contribution in [0.15, 0.2) is 24.3 Å². The van der Waals surface area contributed by atoms with Crippen LogP contribution in [-0.4, -0.2) is 32.1 Å². The zero-order chi connectivity index (χ0) is 12.1. The van der Waals surface area contributed by atoms with Crippen LogP contribution in [0, 0.1) is 0 Å². The summed E-state index contributed by atoms with van der Waals surface area (Å²) in [6.07, 6.45) is 1.01. The van der Waals surface area contributed by atoms with E-state index in [0.29, 0.717) is 12.2 Å². The molecule has 2 N–H and O–H groups in total. The average Bonchev–Trinajstić information content (AvgIpc) is 2.83. The van der Waals surface area contributed by atoms with Gasteiger partial charge in [-0.1, -0.05) is 12.1 Å². The Balaban J connectivity index is 0.00000162. The quantitative estimate of drug-likeness (QED) is 0.868. The van der Waals surface area contributed by atoms with Gasteiger partial charge in [-0.25, -0.2) is 0 Å². The van der Waals surface area contributed by atoms with Crippen molar-refractivity contribution in [3.8, 4) is 0 Å². The van der Waals surface area contributed by atoms with Gasteiger partial charge in [0.25, 0.3) is 5.91 Å². The summed E-state index contributed by atoms with van der Waals surface area (Å²) in [4.78, 5) is 11.9. The van der Waals surface area contributed by atoms with Crippen LogP contribution in [-0.2, 0) is 11.3 Å². The van der Waals surface area contributed by atoms with Crippen LogP contribution in [0.1, 0.15) is 22.3 Å². The molecule has 0 aliphatic carbocycles. The van der Waals surface area contributed by atoms with Gasteiger partial charge >= 0.3 is 0 Å². The van der Waals surface area contributed by atoms with Crippen LogP contribution in [0.3, 0.4) is 0 Å². The van der Waals surface area contributed by atoms with E-state index >= 15 is 0 Å². The van der Waals surface area contributed by atoms with E-state index < -0.39 is 0 Å². The third-order valence-corrected chi connectivity index (χ3v) is 2.92. The van der Waals surface area contributed by atoms with E-state index in [9.17, 15) is 4.79 Å². The van der Waals surface area contributed by atoms with Gasteiger partial charge in [0, 0.05) is 25.3 Å².